The van der Waals surface area contributed by atoms with E-state index in [1.165, 1.54) is 11.5 Å². The average Bonchev–Trinajstić information content (AvgIpc) is 2.73. The van der Waals surface area contributed by atoms with Crippen molar-refractivity contribution in [3.05, 3.63) is 11.3 Å². The Bertz CT molecular complexity index is 446. The number of ether oxygens (including phenoxy) is 1. The van der Waals surface area contributed by atoms with Gasteiger partial charge in [-0.3, -0.25) is 0 Å². The van der Waals surface area contributed by atoms with Gasteiger partial charge in [-0.2, -0.15) is 4.37 Å². The Kier molecular flexibility index (Phi) is 3.09. The van der Waals surface area contributed by atoms with E-state index in [2.05, 4.69) is 9.69 Å². The Morgan fingerprint density at radius 2 is 2.41 bits per heavy atom. The first-order valence-corrected chi connectivity index (χ1v) is 6.31. The smallest absolute Gasteiger partial charge is 0.340 e. The molecule has 0 aromatic carbocycles. The first kappa shape index (κ1) is 12.3. The zero-order valence-electron chi connectivity index (χ0n) is 10.1. The number of carbonyl (C=O) groups is 1. The molecule has 94 valence electrons. The van der Waals surface area contributed by atoms with Crippen molar-refractivity contribution in [2.75, 3.05) is 11.9 Å². The van der Waals surface area contributed by atoms with Gasteiger partial charge in [0.05, 0.1) is 17.3 Å². The molecule has 1 fully saturated rings. The molecule has 1 aliphatic heterocycles. The van der Waals surface area contributed by atoms with Gasteiger partial charge >= 0.3 is 5.97 Å². The second-order valence-corrected chi connectivity index (χ2v) is 5.36. The molecule has 0 aliphatic carbocycles. The summed E-state index contributed by atoms with van der Waals surface area (Å²) in [6.45, 7) is 6.45. The minimum absolute atomic E-state index is 0.0616. The molecule has 2 atom stereocenters. The standard InChI is InChI=1S/C11H16N2O3S/c1-6-8(10(14)15)9(17-13-6)12-11(3)4-5-16-7(11)2/h7,12H,4-5H2,1-3H3,(H,14,15). The summed E-state index contributed by atoms with van der Waals surface area (Å²) < 4.78 is 9.62. The van der Waals surface area contributed by atoms with Crippen molar-refractivity contribution < 1.29 is 14.6 Å². The van der Waals surface area contributed by atoms with Crippen LogP contribution in [0, 0.1) is 6.92 Å². The highest BCUT2D eigenvalue weighted by atomic mass is 32.1. The SMILES string of the molecule is Cc1nsc(NC2(C)CCOC2C)c1C(=O)O. The maximum atomic E-state index is 11.2. The van der Waals surface area contributed by atoms with Crippen molar-refractivity contribution in [2.45, 2.75) is 38.8 Å². The van der Waals surface area contributed by atoms with E-state index in [0.717, 1.165) is 6.42 Å². The molecule has 2 heterocycles. The molecule has 0 bridgehead atoms. The van der Waals surface area contributed by atoms with Gasteiger partial charge in [0.1, 0.15) is 10.6 Å². The first-order valence-electron chi connectivity index (χ1n) is 5.53. The number of hydrogen-bond donors (Lipinski definition) is 2. The molecule has 17 heavy (non-hydrogen) atoms. The predicted molar refractivity (Wildman–Crippen MR) is 65.9 cm³/mol. The van der Waals surface area contributed by atoms with Crippen molar-refractivity contribution >= 4 is 22.5 Å². The van der Waals surface area contributed by atoms with Crippen molar-refractivity contribution in [3.8, 4) is 0 Å². The van der Waals surface area contributed by atoms with Gasteiger partial charge in [0, 0.05) is 6.61 Å². The highest BCUT2D eigenvalue weighted by molar-refractivity contribution is 7.10. The van der Waals surface area contributed by atoms with Gasteiger partial charge in [-0.1, -0.05) is 0 Å². The van der Waals surface area contributed by atoms with E-state index in [4.69, 9.17) is 9.84 Å². The highest BCUT2D eigenvalue weighted by Gasteiger charge is 2.38. The molecule has 0 spiro atoms. The normalized spacial score (nSPS) is 28.3. The highest BCUT2D eigenvalue weighted by Crippen LogP contribution is 2.33. The number of nitrogens with one attached hydrogen (secondary N) is 1. The quantitative estimate of drug-likeness (QED) is 0.866. The maximum absolute atomic E-state index is 11.2. The zero-order chi connectivity index (χ0) is 12.6. The number of aryl methyl sites for hydroxylation is 1. The lowest BCUT2D eigenvalue weighted by molar-refractivity contribution is 0.0696. The third kappa shape index (κ3) is 2.14. The molecular weight excluding hydrogens is 240 g/mol. The summed E-state index contributed by atoms with van der Waals surface area (Å²) in [6.07, 6.45) is 0.927. The number of anilines is 1. The van der Waals surface area contributed by atoms with E-state index in [-0.39, 0.29) is 17.2 Å². The van der Waals surface area contributed by atoms with Gasteiger partial charge < -0.3 is 15.2 Å². The summed E-state index contributed by atoms with van der Waals surface area (Å²) in [5.41, 5.74) is 0.610. The van der Waals surface area contributed by atoms with Crippen LogP contribution in [0.3, 0.4) is 0 Å². The van der Waals surface area contributed by atoms with Crippen LogP contribution in [0.1, 0.15) is 36.3 Å². The van der Waals surface area contributed by atoms with Crippen molar-refractivity contribution in [1.82, 2.24) is 4.37 Å². The molecule has 1 saturated heterocycles. The molecule has 0 radical (unpaired) electrons. The molecule has 5 nitrogen and oxygen atoms in total. The van der Waals surface area contributed by atoms with Crippen LogP contribution >= 0.6 is 11.5 Å². The predicted octanol–water partition coefficient (Wildman–Crippen LogP) is 2.13. The van der Waals surface area contributed by atoms with E-state index in [0.29, 0.717) is 17.3 Å². The van der Waals surface area contributed by atoms with Crippen LogP contribution in [0.5, 0.6) is 0 Å². The maximum Gasteiger partial charge on any atom is 0.340 e. The van der Waals surface area contributed by atoms with E-state index in [9.17, 15) is 4.79 Å². The lowest BCUT2D eigenvalue weighted by atomic mass is 9.94. The Labute approximate surface area is 104 Å². The summed E-state index contributed by atoms with van der Waals surface area (Å²) in [4.78, 5) is 11.2. The number of rotatable bonds is 3. The fourth-order valence-electron chi connectivity index (χ4n) is 1.97. The van der Waals surface area contributed by atoms with Gasteiger partial charge in [-0.05, 0) is 38.7 Å². The van der Waals surface area contributed by atoms with Gasteiger partial charge in [-0.25, -0.2) is 4.79 Å². The molecular formula is C11H16N2O3S. The molecule has 6 heteroatoms. The summed E-state index contributed by atoms with van der Waals surface area (Å²) in [6, 6.07) is 0. The fourth-order valence-corrected chi connectivity index (χ4v) is 2.89. The van der Waals surface area contributed by atoms with Crippen LogP contribution in [0.4, 0.5) is 5.00 Å². The molecule has 2 N–H and O–H groups in total. The second kappa shape index (κ2) is 4.27. The number of hydrogen-bond acceptors (Lipinski definition) is 5. The van der Waals surface area contributed by atoms with E-state index < -0.39 is 5.97 Å². The van der Waals surface area contributed by atoms with Gasteiger partial charge in [0.25, 0.3) is 0 Å². The lowest BCUT2D eigenvalue weighted by Crippen LogP contribution is -2.41. The summed E-state index contributed by atoms with van der Waals surface area (Å²) >= 11 is 1.19. The van der Waals surface area contributed by atoms with Crippen LogP contribution < -0.4 is 5.32 Å². The van der Waals surface area contributed by atoms with Gasteiger partial charge in [-0.15, -0.1) is 0 Å². The Hall–Kier alpha value is -1.14. The topological polar surface area (TPSA) is 71.5 Å². The summed E-state index contributed by atoms with van der Waals surface area (Å²) in [5.74, 6) is -0.936. The Morgan fingerprint density at radius 1 is 1.71 bits per heavy atom. The molecule has 2 unspecified atom stereocenters. The Balaban J connectivity index is 2.27. The number of carboxylic acids is 1. The van der Waals surface area contributed by atoms with Gasteiger partial charge in [0.2, 0.25) is 0 Å². The van der Waals surface area contributed by atoms with Crippen LogP contribution in [0.15, 0.2) is 0 Å². The Morgan fingerprint density at radius 3 is 2.94 bits per heavy atom. The van der Waals surface area contributed by atoms with Crippen LogP contribution in [0.25, 0.3) is 0 Å². The zero-order valence-corrected chi connectivity index (χ0v) is 10.9. The van der Waals surface area contributed by atoms with Gasteiger partial charge in [0.15, 0.2) is 0 Å². The van der Waals surface area contributed by atoms with E-state index in [1.54, 1.807) is 6.92 Å². The van der Waals surface area contributed by atoms with E-state index in [1.807, 2.05) is 13.8 Å². The third-order valence-electron chi connectivity index (χ3n) is 3.36. The first-order chi connectivity index (χ1) is 7.94. The number of carboxylic acid groups (broad SMARTS) is 1. The number of aromatic nitrogens is 1. The van der Waals surface area contributed by atoms with Crippen LogP contribution in [-0.4, -0.2) is 33.7 Å². The fraction of sp³-hybridized carbons (Fsp3) is 0.636. The monoisotopic (exact) mass is 256 g/mol. The molecule has 1 aliphatic rings. The molecule has 2 rings (SSSR count). The minimum Gasteiger partial charge on any atom is -0.478 e. The molecule has 0 amide bonds. The van der Waals surface area contributed by atoms with Crippen molar-refractivity contribution in [1.29, 1.82) is 0 Å². The average molecular weight is 256 g/mol. The summed E-state index contributed by atoms with van der Waals surface area (Å²) in [5, 5.41) is 13.1. The van der Waals surface area contributed by atoms with Crippen LogP contribution in [0.2, 0.25) is 0 Å². The number of nitrogens with zero attached hydrogens (tertiary/aromatic N) is 1. The molecule has 0 saturated carbocycles. The van der Waals surface area contributed by atoms with Crippen molar-refractivity contribution in [2.24, 2.45) is 0 Å². The third-order valence-corrected chi connectivity index (χ3v) is 4.22. The molecule has 1 aromatic rings. The second-order valence-electron chi connectivity index (χ2n) is 4.58. The lowest BCUT2D eigenvalue weighted by Gasteiger charge is -2.29. The summed E-state index contributed by atoms with van der Waals surface area (Å²) in [7, 11) is 0. The van der Waals surface area contributed by atoms with Crippen molar-refractivity contribution in [3.63, 3.8) is 0 Å². The largest absolute Gasteiger partial charge is 0.478 e. The van der Waals surface area contributed by atoms with E-state index >= 15 is 0 Å². The molecule has 1 aromatic heterocycles. The number of aromatic carboxylic acids is 1. The minimum atomic E-state index is -0.936. The van der Waals surface area contributed by atoms with Crippen LogP contribution in [-0.2, 0) is 4.74 Å².